The maximum atomic E-state index is 12.4. The van der Waals surface area contributed by atoms with E-state index in [0.29, 0.717) is 17.1 Å². The molecule has 2 aromatic rings. The molecule has 114 valence electrons. The number of sulfonamides is 1. The normalized spacial score (nSPS) is 11.2. The summed E-state index contributed by atoms with van der Waals surface area (Å²) in [5.74, 6) is 1.06. The number of rotatable bonds is 5. The first-order valence-electron chi connectivity index (χ1n) is 6.15. The number of aromatic nitrogens is 2. The number of hydrogen-bond acceptors (Lipinski definition) is 5. The Labute approximate surface area is 123 Å². The van der Waals surface area contributed by atoms with Gasteiger partial charge < -0.3 is 9.47 Å². The Morgan fingerprint density at radius 3 is 2.24 bits per heavy atom. The fraction of sp³-hybridized carbons (Fsp3) is 0.308. The van der Waals surface area contributed by atoms with Gasteiger partial charge in [-0.1, -0.05) is 0 Å². The minimum Gasteiger partial charge on any atom is -0.493 e. The maximum absolute atomic E-state index is 12.4. The summed E-state index contributed by atoms with van der Waals surface area (Å²) in [6.45, 7) is 3.47. The second-order valence-corrected chi connectivity index (χ2v) is 6.17. The fourth-order valence-electron chi connectivity index (χ4n) is 1.91. The van der Waals surface area contributed by atoms with Gasteiger partial charge in [0.1, 0.15) is 0 Å². The fourth-order valence-corrected chi connectivity index (χ4v) is 3.15. The molecule has 21 heavy (non-hydrogen) atoms. The van der Waals surface area contributed by atoms with Crippen LogP contribution in [0, 0.1) is 13.8 Å². The Bertz CT molecular complexity index is 753. The molecule has 0 fully saturated rings. The molecule has 0 amide bonds. The van der Waals surface area contributed by atoms with E-state index in [1.165, 1.54) is 20.3 Å². The van der Waals surface area contributed by atoms with E-state index in [0.717, 1.165) is 5.69 Å². The number of methoxy groups -OCH3 is 2. The van der Waals surface area contributed by atoms with Gasteiger partial charge in [0.2, 0.25) is 0 Å². The summed E-state index contributed by atoms with van der Waals surface area (Å²) >= 11 is 0. The number of H-pyrrole nitrogens is 1. The van der Waals surface area contributed by atoms with E-state index in [4.69, 9.17) is 9.47 Å². The zero-order valence-corrected chi connectivity index (χ0v) is 13.0. The number of nitrogens with one attached hydrogen (secondary N) is 2. The Kier molecular flexibility index (Phi) is 4.08. The SMILES string of the molecule is COc1cc(C)c(S(=O)(=O)Nc2cc(C)[nH]n2)cc1OC. The Hall–Kier alpha value is -2.22. The van der Waals surface area contributed by atoms with Gasteiger partial charge in [-0.2, -0.15) is 5.10 Å². The minimum atomic E-state index is -3.76. The van der Waals surface area contributed by atoms with Crippen LogP contribution in [-0.2, 0) is 10.0 Å². The molecule has 1 aromatic carbocycles. The molecule has 0 aliphatic heterocycles. The van der Waals surface area contributed by atoms with Crippen LogP contribution < -0.4 is 14.2 Å². The second kappa shape index (κ2) is 5.65. The molecule has 7 nitrogen and oxygen atoms in total. The summed E-state index contributed by atoms with van der Waals surface area (Å²) in [6, 6.07) is 4.65. The van der Waals surface area contributed by atoms with Gasteiger partial charge in [0.05, 0.1) is 19.1 Å². The first-order chi connectivity index (χ1) is 9.87. The van der Waals surface area contributed by atoms with Crippen LogP contribution in [0.15, 0.2) is 23.1 Å². The van der Waals surface area contributed by atoms with Crippen LogP contribution in [0.3, 0.4) is 0 Å². The van der Waals surface area contributed by atoms with Gasteiger partial charge in [-0.05, 0) is 25.5 Å². The van der Waals surface area contributed by atoms with Gasteiger partial charge in [-0.3, -0.25) is 9.82 Å². The van der Waals surface area contributed by atoms with Crippen LogP contribution >= 0.6 is 0 Å². The molecule has 8 heteroatoms. The summed E-state index contributed by atoms with van der Waals surface area (Å²) in [7, 11) is -0.808. The molecule has 0 spiro atoms. The molecule has 1 heterocycles. The summed E-state index contributed by atoms with van der Waals surface area (Å²) in [5, 5.41) is 6.54. The minimum absolute atomic E-state index is 0.112. The van der Waals surface area contributed by atoms with E-state index in [1.807, 2.05) is 0 Å². The van der Waals surface area contributed by atoms with Crippen molar-refractivity contribution in [1.29, 1.82) is 0 Å². The van der Waals surface area contributed by atoms with Gasteiger partial charge in [-0.15, -0.1) is 0 Å². The third-order valence-corrected chi connectivity index (χ3v) is 4.41. The van der Waals surface area contributed by atoms with Crippen molar-refractivity contribution in [1.82, 2.24) is 10.2 Å². The lowest BCUT2D eigenvalue weighted by molar-refractivity contribution is 0.353. The largest absolute Gasteiger partial charge is 0.493 e. The molecular weight excluding hydrogens is 294 g/mol. The number of aromatic amines is 1. The van der Waals surface area contributed by atoms with Crippen LogP contribution in [0.2, 0.25) is 0 Å². The number of ether oxygens (including phenoxy) is 2. The number of anilines is 1. The maximum Gasteiger partial charge on any atom is 0.263 e. The molecule has 0 saturated carbocycles. The topological polar surface area (TPSA) is 93.3 Å². The van der Waals surface area contributed by atoms with Crippen molar-refractivity contribution >= 4 is 15.8 Å². The van der Waals surface area contributed by atoms with E-state index >= 15 is 0 Å². The molecule has 1 aromatic heterocycles. The number of nitrogens with zero attached hydrogens (tertiary/aromatic N) is 1. The van der Waals surface area contributed by atoms with Gasteiger partial charge in [0, 0.05) is 17.8 Å². The summed E-state index contributed by atoms with van der Waals surface area (Å²) < 4.78 is 37.6. The van der Waals surface area contributed by atoms with Crippen LogP contribution in [-0.4, -0.2) is 32.8 Å². The highest BCUT2D eigenvalue weighted by Crippen LogP contribution is 2.32. The highest BCUT2D eigenvalue weighted by molar-refractivity contribution is 7.92. The van der Waals surface area contributed by atoms with Crippen LogP contribution in [0.25, 0.3) is 0 Å². The van der Waals surface area contributed by atoms with Gasteiger partial charge in [0.15, 0.2) is 17.3 Å². The van der Waals surface area contributed by atoms with Crippen LogP contribution in [0.5, 0.6) is 11.5 Å². The molecule has 2 N–H and O–H groups in total. The average molecular weight is 311 g/mol. The van der Waals surface area contributed by atoms with Gasteiger partial charge >= 0.3 is 0 Å². The van der Waals surface area contributed by atoms with E-state index in [-0.39, 0.29) is 10.7 Å². The predicted octanol–water partition coefficient (Wildman–Crippen LogP) is 1.84. The van der Waals surface area contributed by atoms with Gasteiger partial charge in [0.25, 0.3) is 10.0 Å². The van der Waals surface area contributed by atoms with Crippen molar-refractivity contribution in [3.63, 3.8) is 0 Å². The van der Waals surface area contributed by atoms with E-state index in [1.54, 1.807) is 26.0 Å². The molecule has 0 aliphatic carbocycles. The van der Waals surface area contributed by atoms with Gasteiger partial charge in [-0.25, -0.2) is 8.42 Å². The summed E-state index contributed by atoms with van der Waals surface area (Å²) in [4.78, 5) is 0.112. The molecule has 0 bridgehead atoms. The lowest BCUT2D eigenvalue weighted by Gasteiger charge is -2.13. The number of benzene rings is 1. The van der Waals surface area contributed by atoms with Crippen LogP contribution in [0.1, 0.15) is 11.3 Å². The Morgan fingerprint density at radius 1 is 1.10 bits per heavy atom. The molecule has 2 rings (SSSR count). The first kappa shape index (κ1) is 15.2. The zero-order chi connectivity index (χ0) is 15.6. The number of aryl methyl sites for hydroxylation is 2. The zero-order valence-electron chi connectivity index (χ0n) is 12.2. The van der Waals surface area contributed by atoms with Crippen molar-refractivity contribution in [2.75, 3.05) is 18.9 Å². The molecule has 0 unspecified atom stereocenters. The lowest BCUT2D eigenvalue weighted by atomic mass is 10.2. The smallest absolute Gasteiger partial charge is 0.263 e. The van der Waals surface area contributed by atoms with Crippen molar-refractivity contribution in [3.05, 3.63) is 29.5 Å². The predicted molar refractivity (Wildman–Crippen MR) is 78.4 cm³/mol. The summed E-state index contributed by atoms with van der Waals surface area (Å²) in [6.07, 6.45) is 0. The standard InChI is InChI=1S/C13H17N3O4S/c1-8-5-10(19-3)11(20-4)7-12(8)21(17,18)16-13-6-9(2)14-15-13/h5-7H,1-4H3,(H2,14,15,16). The monoisotopic (exact) mass is 311 g/mol. The van der Waals surface area contributed by atoms with Crippen molar-refractivity contribution in [3.8, 4) is 11.5 Å². The van der Waals surface area contributed by atoms with Crippen molar-refractivity contribution < 1.29 is 17.9 Å². The average Bonchev–Trinajstić information content (AvgIpc) is 2.82. The lowest BCUT2D eigenvalue weighted by Crippen LogP contribution is -2.15. The molecule has 0 radical (unpaired) electrons. The van der Waals surface area contributed by atoms with E-state index in [9.17, 15) is 8.42 Å². The molecule has 0 aliphatic rings. The second-order valence-electron chi connectivity index (χ2n) is 4.51. The van der Waals surface area contributed by atoms with E-state index in [2.05, 4.69) is 14.9 Å². The molecule has 0 saturated heterocycles. The highest BCUT2D eigenvalue weighted by Gasteiger charge is 2.21. The third kappa shape index (κ3) is 3.10. The van der Waals surface area contributed by atoms with Crippen molar-refractivity contribution in [2.45, 2.75) is 18.7 Å². The quantitative estimate of drug-likeness (QED) is 0.879. The van der Waals surface area contributed by atoms with Crippen LogP contribution in [0.4, 0.5) is 5.82 Å². The number of hydrogen-bond donors (Lipinski definition) is 2. The third-order valence-electron chi connectivity index (χ3n) is 2.92. The first-order valence-corrected chi connectivity index (χ1v) is 7.63. The van der Waals surface area contributed by atoms with E-state index < -0.39 is 10.0 Å². The van der Waals surface area contributed by atoms with Crippen molar-refractivity contribution in [2.24, 2.45) is 0 Å². The summed E-state index contributed by atoms with van der Waals surface area (Å²) in [5.41, 5.74) is 1.31. The molecule has 0 atom stereocenters. The Balaban J connectivity index is 2.44. The Morgan fingerprint density at radius 2 is 1.71 bits per heavy atom. The molecular formula is C13H17N3O4S. The highest BCUT2D eigenvalue weighted by atomic mass is 32.2.